The lowest BCUT2D eigenvalue weighted by Gasteiger charge is -2.24. The van der Waals surface area contributed by atoms with Crippen molar-refractivity contribution >= 4 is 35.0 Å². The number of nitrogens with zero attached hydrogens (tertiary/aromatic N) is 2. The van der Waals surface area contributed by atoms with Crippen LogP contribution < -0.4 is 0 Å². The largest absolute Gasteiger partial charge is 0.272 e. The van der Waals surface area contributed by atoms with Crippen LogP contribution in [0.25, 0.3) is 0 Å². The Bertz CT molecular complexity index is 646. The Morgan fingerprint density at radius 2 is 1.50 bits per heavy atom. The van der Waals surface area contributed by atoms with Crippen molar-refractivity contribution in [2.75, 3.05) is 13.1 Å². The second-order valence-corrected chi connectivity index (χ2v) is 5.58. The van der Waals surface area contributed by atoms with Gasteiger partial charge in [0.15, 0.2) is 0 Å². The molecule has 22 heavy (non-hydrogen) atoms. The molecule has 1 aromatic carbocycles. The van der Waals surface area contributed by atoms with Gasteiger partial charge in [-0.15, -0.1) is 5.92 Å². The van der Waals surface area contributed by atoms with Crippen molar-refractivity contribution in [2.24, 2.45) is 0 Å². The molecule has 4 nitrogen and oxygen atoms in total. The number of carbonyl (C=O) groups excluding carboxylic acids is 2. The minimum absolute atomic E-state index is 0.283. The summed E-state index contributed by atoms with van der Waals surface area (Å²) in [4.78, 5) is 25.1. The molecule has 0 saturated carbocycles. The Kier molecular flexibility index (Phi) is 5.00. The van der Waals surface area contributed by atoms with E-state index < -0.39 is 5.92 Å². The van der Waals surface area contributed by atoms with Crippen LogP contribution in [0.1, 0.15) is 37.8 Å². The smallest absolute Gasteiger partial charge is 0.258 e. The molecule has 0 N–H and O–H groups in total. The molecular weight excluding hydrogens is 323 g/mol. The highest BCUT2D eigenvalue weighted by molar-refractivity contribution is 6.37. The first-order chi connectivity index (χ1) is 10.5. The van der Waals surface area contributed by atoms with Crippen LogP contribution in [0.3, 0.4) is 0 Å². The fourth-order valence-corrected chi connectivity index (χ4v) is 3.32. The molecule has 1 saturated heterocycles. The number of benzene rings is 1. The lowest BCUT2D eigenvalue weighted by Crippen LogP contribution is -2.40. The average molecular weight is 339 g/mol. The molecule has 0 unspecified atom stereocenters. The summed E-state index contributed by atoms with van der Waals surface area (Å²) in [5, 5.41) is 3.43. The third-order valence-corrected chi connectivity index (χ3v) is 4.16. The van der Waals surface area contributed by atoms with E-state index in [9.17, 15) is 9.59 Å². The minimum atomic E-state index is -0.983. The van der Waals surface area contributed by atoms with Crippen LogP contribution in [-0.4, -0.2) is 34.9 Å². The molecule has 0 bridgehead atoms. The van der Waals surface area contributed by atoms with E-state index >= 15 is 0 Å². The monoisotopic (exact) mass is 338 g/mol. The second kappa shape index (κ2) is 6.60. The van der Waals surface area contributed by atoms with E-state index in [2.05, 4.69) is 11.8 Å². The third-order valence-electron chi connectivity index (χ3n) is 3.53. The average Bonchev–Trinajstić information content (AvgIpc) is 2.70. The first-order valence-corrected chi connectivity index (χ1v) is 7.76. The van der Waals surface area contributed by atoms with E-state index in [1.165, 1.54) is 10.0 Å². The summed E-state index contributed by atoms with van der Waals surface area (Å²) in [5.74, 6) is 4.04. The first-order valence-electron chi connectivity index (χ1n) is 7.00. The maximum atomic E-state index is 12.5. The van der Waals surface area contributed by atoms with Gasteiger partial charge < -0.3 is 0 Å². The number of rotatable bonds is 3. The Hall–Kier alpha value is -1.70. The number of likely N-dealkylation sites (N-methyl/N-ethyl adjacent to an activating group) is 2. The van der Waals surface area contributed by atoms with Gasteiger partial charge in [0.1, 0.15) is 5.92 Å². The summed E-state index contributed by atoms with van der Waals surface area (Å²) >= 11 is 12.5. The molecule has 0 radical (unpaired) electrons. The van der Waals surface area contributed by atoms with E-state index in [4.69, 9.17) is 23.2 Å². The van der Waals surface area contributed by atoms with Crippen molar-refractivity contribution in [2.45, 2.75) is 26.7 Å². The number of hydrogen-bond acceptors (Lipinski definition) is 2. The van der Waals surface area contributed by atoms with Gasteiger partial charge in [-0.2, -0.15) is 0 Å². The quantitative estimate of drug-likeness (QED) is 0.627. The van der Waals surface area contributed by atoms with Crippen LogP contribution in [-0.2, 0) is 9.59 Å². The fourth-order valence-electron chi connectivity index (χ4n) is 2.62. The van der Waals surface area contributed by atoms with Crippen LogP contribution in [0.4, 0.5) is 0 Å². The summed E-state index contributed by atoms with van der Waals surface area (Å²) in [6.45, 7) is 6.18. The van der Waals surface area contributed by atoms with Gasteiger partial charge in [0.2, 0.25) is 0 Å². The summed E-state index contributed by atoms with van der Waals surface area (Å²) < 4.78 is 0. The van der Waals surface area contributed by atoms with Crippen molar-refractivity contribution in [3.63, 3.8) is 0 Å². The number of carbonyl (C=O) groups is 2. The molecule has 116 valence electrons. The topological polar surface area (TPSA) is 40.6 Å². The molecule has 0 spiro atoms. The molecule has 1 aliphatic rings. The molecule has 0 aliphatic carbocycles. The predicted molar refractivity (Wildman–Crippen MR) is 86.5 cm³/mol. The highest BCUT2D eigenvalue weighted by Crippen LogP contribution is 2.38. The van der Waals surface area contributed by atoms with Gasteiger partial charge in [0, 0.05) is 34.3 Å². The van der Waals surface area contributed by atoms with Crippen molar-refractivity contribution in [3.8, 4) is 11.8 Å². The normalized spacial score (nSPS) is 15.3. The number of hydrogen-bond donors (Lipinski definition) is 0. The molecule has 2 amide bonds. The highest BCUT2D eigenvalue weighted by Gasteiger charge is 2.46. The number of halogens is 2. The van der Waals surface area contributed by atoms with E-state index in [0.29, 0.717) is 24.2 Å². The predicted octanol–water partition coefficient (Wildman–Crippen LogP) is 3.07. The number of amides is 2. The minimum Gasteiger partial charge on any atom is -0.272 e. The number of hydrazine groups is 1. The van der Waals surface area contributed by atoms with Crippen LogP contribution in [0, 0.1) is 11.8 Å². The SMILES string of the molecule is CC#Cc1cc(Cl)c(C2C(=O)N(CC)N(CC)C2=O)c(Cl)c1. The molecule has 1 aromatic rings. The van der Waals surface area contributed by atoms with Gasteiger partial charge in [0.25, 0.3) is 11.8 Å². The lowest BCUT2D eigenvalue weighted by atomic mass is 9.97. The van der Waals surface area contributed by atoms with Crippen molar-refractivity contribution in [3.05, 3.63) is 33.3 Å². The highest BCUT2D eigenvalue weighted by atomic mass is 35.5. The molecule has 2 rings (SSSR count). The van der Waals surface area contributed by atoms with Crippen LogP contribution in [0.15, 0.2) is 12.1 Å². The molecule has 1 heterocycles. The van der Waals surface area contributed by atoms with Crippen molar-refractivity contribution in [1.29, 1.82) is 0 Å². The molecule has 1 fully saturated rings. The Morgan fingerprint density at radius 3 is 1.86 bits per heavy atom. The summed E-state index contributed by atoms with van der Waals surface area (Å²) in [6, 6.07) is 3.26. The standard InChI is InChI=1S/C16H16Cl2N2O2/c1-4-7-10-8-11(17)13(12(18)9-10)14-15(21)19(5-2)20(6-3)16(14)22/h8-9,14H,5-6H2,1-3H3. The van der Waals surface area contributed by atoms with E-state index in [1.54, 1.807) is 19.1 Å². The van der Waals surface area contributed by atoms with Crippen LogP contribution in [0.5, 0.6) is 0 Å². The van der Waals surface area contributed by atoms with Gasteiger partial charge in [-0.3, -0.25) is 19.6 Å². The van der Waals surface area contributed by atoms with E-state index in [-0.39, 0.29) is 21.9 Å². The zero-order chi connectivity index (χ0) is 16.4. The molecule has 6 heteroatoms. The molecule has 0 atom stereocenters. The Balaban J connectivity index is 2.54. The van der Waals surface area contributed by atoms with Crippen molar-refractivity contribution < 1.29 is 9.59 Å². The zero-order valence-corrected chi connectivity index (χ0v) is 14.1. The van der Waals surface area contributed by atoms with E-state index in [0.717, 1.165) is 0 Å². The lowest BCUT2D eigenvalue weighted by molar-refractivity contribution is -0.145. The van der Waals surface area contributed by atoms with E-state index in [1.807, 2.05) is 13.8 Å². The molecule has 1 aliphatic heterocycles. The van der Waals surface area contributed by atoms with Gasteiger partial charge in [-0.1, -0.05) is 29.1 Å². The van der Waals surface area contributed by atoms with Crippen molar-refractivity contribution in [1.82, 2.24) is 10.0 Å². The summed E-state index contributed by atoms with van der Waals surface area (Å²) in [7, 11) is 0. The third kappa shape index (κ3) is 2.67. The van der Waals surface area contributed by atoms with Crippen LogP contribution in [0.2, 0.25) is 10.0 Å². The molecular formula is C16H16Cl2N2O2. The van der Waals surface area contributed by atoms with Gasteiger partial charge >= 0.3 is 0 Å². The van der Waals surface area contributed by atoms with Gasteiger partial charge in [-0.25, -0.2) is 0 Å². The Morgan fingerprint density at radius 1 is 1.05 bits per heavy atom. The molecule has 0 aromatic heterocycles. The first kappa shape index (κ1) is 16.7. The Labute approximate surface area is 139 Å². The summed E-state index contributed by atoms with van der Waals surface area (Å²) in [5.41, 5.74) is 1.01. The van der Waals surface area contributed by atoms with Gasteiger partial charge in [0.05, 0.1) is 0 Å². The maximum Gasteiger partial charge on any atom is 0.258 e. The maximum absolute atomic E-state index is 12.5. The second-order valence-electron chi connectivity index (χ2n) is 4.77. The zero-order valence-electron chi connectivity index (χ0n) is 12.6. The summed E-state index contributed by atoms with van der Waals surface area (Å²) in [6.07, 6.45) is 0. The van der Waals surface area contributed by atoms with Gasteiger partial charge in [-0.05, 0) is 32.9 Å². The van der Waals surface area contributed by atoms with Crippen LogP contribution >= 0.6 is 23.2 Å². The fraction of sp³-hybridized carbons (Fsp3) is 0.375.